The standard InChI is InChI=1S/C13H17F2NO2/c14-12(15)18-11-3-1-9(2-4-11)13(16)7-5-10(17)6-8-13/h1-4,10,12,17H,5-8,16H2. The first-order valence-electron chi connectivity index (χ1n) is 6.02. The van der Waals surface area contributed by atoms with Gasteiger partial charge in [-0.1, -0.05) is 12.1 Å². The molecule has 2 rings (SSSR count). The number of ether oxygens (including phenoxy) is 1. The molecule has 3 nitrogen and oxygen atoms in total. The summed E-state index contributed by atoms with van der Waals surface area (Å²) in [6.45, 7) is -2.81. The quantitative estimate of drug-likeness (QED) is 0.874. The molecule has 1 aromatic rings. The molecule has 0 radical (unpaired) electrons. The zero-order chi connectivity index (χ0) is 13.2. The fourth-order valence-corrected chi connectivity index (χ4v) is 2.37. The zero-order valence-corrected chi connectivity index (χ0v) is 9.98. The molecule has 0 aromatic heterocycles. The van der Waals surface area contributed by atoms with Gasteiger partial charge in [-0.2, -0.15) is 8.78 Å². The Bertz CT molecular complexity index is 386. The van der Waals surface area contributed by atoms with Crippen LogP contribution in [0.15, 0.2) is 24.3 Å². The Labute approximate surface area is 105 Å². The lowest BCUT2D eigenvalue weighted by molar-refractivity contribution is -0.0498. The van der Waals surface area contributed by atoms with E-state index in [0.717, 1.165) is 5.56 Å². The summed E-state index contributed by atoms with van der Waals surface area (Å²) in [5.74, 6) is 0.133. The Hall–Kier alpha value is -1.20. The molecule has 0 atom stereocenters. The SMILES string of the molecule is NC1(c2ccc(OC(F)F)cc2)CCC(O)CC1. The summed E-state index contributed by atoms with van der Waals surface area (Å²) in [5, 5.41) is 9.47. The van der Waals surface area contributed by atoms with Gasteiger partial charge in [0.1, 0.15) is 5.75 Å². The fourth-order valence-electron chi connectivity index (χ4n) is 2.37. The molecule has 0 spiro atoms. The van der Waals surface area contributed by atoms with Crippen molar-refractivity contribution in [3.05, 3.63) is 29.8 Å². The van der Waals surface area contributed by atoms with Crippen LogP contribution >= 0.6 is 0 Å². The maximum atomic E-state index is 12.0. The first kappa shape index (κ1) is 13.2. The van der Waals surface area contributed by atoms with Gasteiger partial charge in [-0.05, 0) is 43.4 Å². The van der Waals surface area contributed by atoms with Crippen molar-refractivity contribution in [1.29, 1.82) is 0 Å². The summed E-state index contributed by atoms with van der Waals surface area (Å²) in [6.07, 6.45) is 2.47. The molecule has 1 aliphatic rings. The second kappa shape index (κ2) is 5.20. The van der Waals surface area contributed by atoms with Gasteiger partial charge in [0.25, 0.3) is 0 Å². The van der Waals surface area contributed by atoms with Crippen LogP contribution in [0.25, 0.3) is 0 Å². The zero-order valence-electron chi connectivity index (χ0n) is 9.98. The van der Waals surface area contributed by atoms with Crippen LogP contribution in [0.5, 0.6) is 5.75 Å². The van der Waals surface area contributed by atoms with E-state index >= 15 is 0 Å². The third-order valence-electron chi connectivity index (χ3n) is 3.50. The van der Waals surface area contributed by atoms with E-state index in [9.17, 15) is 13.9 Å². The topological polar surface area (TPSA) is 55.5 Å². The minimum absolute atomic E-state index is 0.133. The van der Waals surface area contributed by atoms with Crippen molar-refractivity contribution >= 4 is 0 Å². The molecule has 1 aromatic carbocycles. The summed E-state index contributed by atoms with van der Waals surface area (Å²) in [7, 11) is 0. The van der Waals surface area contributed by atoms with Gasteiger partial charge in [0.2, 0.25) is 0 Å². The maximum Gasteiger partial charge on any atom is 0.387 e. The predicted octanol–water partition coefficient (Wildman–Crippen LogP) is 2.38. The Morgan fingerprint density at radius 3 is 2.28 bits per heavy atom. The van der Waals surface area contributed by atoms with Crippen molar-refractivity contribution in [1.82, 2.24) is 0 Å². The number of halogens is 2. The normalized spacial score (nSPS) is 28.4. The first-order valence-corrected chi connectivity index (χ1v) is 6.02. The van der Waals surface area contributed by atoms with Gasteiger partial charge in [-0.25, -0.2) is 0 Å². The second-order valence-corrected chi connectivity index (χ2v) is 4.79. The molecule has 1 saturated carbocycles. The smallest absolute Gasteiger partial charge is 0.387 e. The van der Waals surface area contributed by atoms with E-state index in [1.165, 1.54) is 12.1 Å². The molecule has 0 aliphatic heterocycles. The molecule has 1 aliphatic carbocycles. The van der Waals surface area contributed by atoms with E-state index in [4.69, 9.17) is 5.73 Å². The van der Waals surface area contributed by atoms with Crippen molar-refractivity contribution in [3.63, 3.8) is 0 Å². The lowest BCUT2D eigenvalue weighted by Gasteiger charge is -2.36. The van der Waals surface area contributed by atoms with E-state index in [0.29, 0.717) is 25.7 Å². The van der Waals surface area contributed by atoms with Gasteiger partial charge >= 0.3 is 6.61 Å². The van der Waals surface area contributed by atoms with Gasteiger partial charge in [0.15, 0.2) is 0 Å². The number of rotatable bonds is 3. The van der Waals surface area contributed by atoms with E-state index in [-0.39, 0.29) is 11.9 Å². The Kier molecular flexibility index (Phi) is 3.82. The van der Waals surface area contributed by atoms with Gasteiger partial charge < -0.3 is 15.6 Å². The number of nitrogens with two attached hydrogens (primary N) is 1. The molecule has 3 N–H and O–H groups in total. The minimum atomic E-state index is -2.81. The maximum absolute atomic E-state index is 12.0. The highest BCUT2D eigenvalue weighted by Gasteiger charge is 2.32. The Balaban J connectivity index is 2.09. The highest BCUT2D eigenvalue weighted by molar-refractivity contribution is 5.32. The highest BCUT2D eigenvalue weighted by Crippen LogP contribution is 2.35. The molecule has 0 saturated heterocycles. The Morgan fingerprint density at radius 2 is 1.78 bits per heavy atom. The number of benzene rings is 1. The molecule has 1 fully saturated rings. The third kappa shape index (κ3) is 2.97. The predicted molar refractivity (Wildman–Crippen MR) is 63.4 cm³/mol. The summed E-state index contributed by atoms with van der Waals surface area (Å²) < 4.78 is 28.3. The van der Waals surface area contributed by atoms with Crippen molar-refractivity contribution in [2.75, 3.05) is 0 Å². The average Bonchev–Trinajstić information content (AvgIpc) is 2.33. The Morgan fingerprint density at radius 1 is 1.22 bits per heavy atom. The number of aliphatic hydroxyl groups is 1. The van der Waals surface area contributed by atoms with Crippen LogP contribution in [-0.4, -0.2) is 17.8 Å². The summed E-state index contributed by atoms with van der Waals surface area (Å²) in [5.41, 5.74) is 6.72. The number of aliphatic hydroxyl groups excluding tert-OH is 1. The van der Waals surface area contributed by atoms with E-state index < -0.39 is 12.2 Å². The lowest BCUT2D eigenvalue weighted by Crippen LogP contribution is -2.41. The van der Waals surface area contributed by atoms with Gasteiger partial charge in [-0.3, -0.25) is 0 Å². The number of hydrogen-bond donors (Lipinski definition) is 2. The highest BCUT2D eigenvalue weighted by atomic mass is 19.3. The van der Waals surface area contributed by atoms with Gasteiger partial charge in [0.05, 0.1) is 6.10 Å². The lowest BCUT2D eigenvalue weighted by atomic mass is 9.76. The van der Waals surface area contributed by atoms with Crippen LogP contribution in [-0.2, 0) is 5.54 Å². The molecular weight excluding hydrogens is 240 g/mol. The summed E-state index contributed by atoms with van der Waals surface area (Å²) >= 11 is 0. The van der Waals surface area contributed by atoms with Gasteiger partial charge in [-0.15, -0.1) is 0 Å². The summed E-state index contributed by atoms with van der Waals surface area (Å²) in [4.78, 5) is 0. The van der Waals surface area contributed by atoms with Crippen molar-refractivity contribution in [2.24, 2.45) is 5.73 Å². The van der Waals surface area contributed by atoms with E-state index in [1.54, 1.807) is 12.1 Å². The third-order valence-corrected chi connectivity index (χ3v) is 3.50. The molecule has 0 amide bonds. The molecule has 0 heterocycles. The van der Waals surface area contributed by atoms with Crippen LogP contribution in [0.2, 0.25) is 0 Å². The first-order chi connectivity index (χ1) is 8.49. The fraction of sp³-hybridized carbons (Fsp3) is 0.538. The van der Waals surface area contributed by atoms with Crippen LogP contribution in [0.1, 0.15) is 31.2 Å². The van der Waals surface area contributed by atoms with E-state index in [2.05, 4.69) is 4.74 Å². The van der Waals surface area contributed by atoms with Crippen LogP contribution in [0.4, 0.5) is 8.78 Å². The van der Waals surface area contributed by atoms with Crippen LogP contribution in [0, 0.1) is 0 Å². The van der Waals surface area contributed by atoms with Gasteiger partial charge in [0, 0.05) is 5.54 Å². The molecule has 0 bridgehead atoms. The van der Waals surface area contributed by atoms with Crippen molar-refractivity contribution in [2.45, 2.75) is 43.9 Å². The average molecular weight is 257 g/mol. The summed E-state index contributed by atoms with van der Waals surface area (Å²) in [6, 6.07) is 6.44. The van der Waals surface area contributed by atoms with Crippen LogP contribution < -0.4 is 10.5 Å². The van der Waals surface area contributed by atoms with Crippen LogP contribution in [0.3, 0.4) is 0 Å². The molecular formula is C13H17F2NO2. The number of alkyl halides is 2. The molecule has 100 valence electrons. The molecule has 18 heavy (non-hydrogen) atoms. The monoisotopic (exact) mass is 257 g/mol. The minimum Gasteiger partial charge on any atom is -0.435 e. The molecule has 0 unspecified atom stereocenters. The van der Waals surface area contributed by atoms with E-state index in [1.807, 2.05) is 0 Å². The largest absolute Gasteiger partial charge is 0.435 e. The van der Waals surface area contributed by atoms with Crippen molar-refractivity contribution < 1.29 is 18.6 Å². The molecule has 5 heteroatoms. The second-order valence-electron chi connectivity index (χ2n) is 4.79. The van der Waals surface area contributed by atoms with Crippen molar-refractivity contribution in [3.8, 4) is 5.75 Å². The number of hydrogen-bond acceptors (Lipinski definition) is 3.